The highest BCUT2D eigenvalue weighted by Gasteiger charge is 2.32. The molecule has 0 saturated carbocycles. The molecule has 0 spiro atoms. The molecule has 2 atom stereocenters. The zero-order valence-electron chi connectivity index (χ0n) is 16.9. The second-order valence-electron chi connectivity index (χ2n) is 7.83. The highest BCUT2D eigenvalue weighted by molar-refractivity contribution is 5.79. The van der Waals surface area contributed by atoms with Crippen molar-refractivity contribution in [1.82, 2.24) is 25.2 Å². The van der Waals surface area contributed by atoms with Crippen LogP contribution in [0.25, 0.3) is 5.65 Å². The number of fused-ring (bicyclic) bond motifs is 1. The zero-order valence-corrected chi connectivity index (χ0v) is 16.9. The van der Waals surface area contributed by atoms with Crippen LogP contribution in [0.5, 0.6) is 0 Å². The molecule has 3 heterocycles. The van der Waals surface area contributed by atoms with Gasteiger partial charge in [-0.25, -0.2) is 0 Å². The van der Waals surface area contributed by atoms with Gasteiger partial charge in [-0.2, -0.15) is 13.2 Å². The van der Waals surface area contributed by atoms with Gasteiger partial charge >= 0.3 is 6.18 Å². The van der Waals surface area contributed by atoms with Gasteiger partial charge in [0.25, 0.3) is 0 Å². The van der Waals surface area contributed by atoms with Gasteiger partial charge in [-0.15, -0.1) is 10.2 Å². The summed E-state index contributed by atoms with van der Waals surface area (Å²) in [6.45, 7) is 1.48. The predicted molar refractivity (Wildman–Crippen MR) is 109 cm³/mol. The van der Waals surface area contributed by atoms with Crippen molar-refractivity contribution in [2.24, 2.45) is 5.92 Å². The van der Waals surface area contributed by atoms with E-state index < -0.39 is 17.8 Å². The number of carbonyl (C=O) groups is 1. The van der Waals surface area contributed by atoms with Gasteiger partial charge in [0, 0.05) is 12.7 Å². The topological polar surface area (TPSA) is 71.3 Å². The van der Waals surface area contributed by atoms with E-state index in [4.69, 9.17) is 0 Å². The van der Waals surface area contributed by atoms with Gasteiger partial charge in [0.05, 0.1) is 17.5 Å². The minimum absolute atomic E-state index is 0.117. The summed E-state index contributed by atoms with van der Waals surface area (Å²) in [4.78, 5) is 12.9. The molecule has 3 aromatic rings. The van der Waals surface area contributed by atoms with Crippen molar-refractivity contribution in [2.75, 3.05) is 13.1 Å². The normalized spacial score (nSPS) is 18.1. The lowest BCUT2D eigenvalue weighted by atomic mass is 9.97. The first kappa shape index (κ1) is 21.3. The van der Waals surface area contributed by atoms with E-state index in [1.54, 1.807) is 0 Å². The van der Waals surface area contributed by atoms with Crippen molar-refractivity contribution in [1.29, 1.82) is 0 Å². The molecule has 0 bridgehead atoms. The fourth-order valence-electron chi connectivity index (χ4n) is 3.90. The quantitative estimate of drug-likeness (QED) is 0.626. The molecule has 1 saturated heterocycles. The Bertz CT molecular complexity index is 1030. The Morgan fingerprint density at radius 3 is 2.71 bits per heavy atom. The smallest absolute Gasteiger partial charge is 0.346 e. The molecule has 9 heteroatoms. The number of hydrogen-bond donors (Lipinski definition) is 2. The predicted octanol–water partition coefficient (Wildman–Crippen LogP) is 3.54. The van der Waals surface area contributed by atoms with Crippen LogP contribution in [0.15, 0.2) is 48.7 Å². The molecule has 31 heavy (non-hydrogen) atoms. The second kappa shape index (κ2) is 9.05. The minimum atomic E-state index is -4.48. The lowest BCUT2D eigenvalue weighted by Gasteiger charge is -2.25. The highest BCUT2D eigenvalue weighted by Crippen LogP contribution is 2.30. The molecule has 2 aromatic heterocycles. The summed E-state index contributed by atoms with van der Waals surface area (Å²) in [7, 11) is 0. The zero-order chi connectivity index (χ0) is 21.8. The molecule has 1 aliphatic rings. The number of halogens is 3. The largest absolute Gasteiger partial charge is 0.417 e. The van der Waals surface area contributed by atoms with Gasteiger partial charge in [0.1, 0.15) is 0 Å². The summed E-state index contributed by atoms with van der Waals surface area (Å²) in [5, 5.41) is 14.4. The summed E-state index contributed by atoms with van der Waals surface area (Å²) in [5.41, 5.74) is 0.595. The number of nitrogens with zero attached hydrogens (tertiary/aromatic N) is 3. The number of hydrogen-bond acceptors (Lipinski definition) is 4. The van der Waals surface area contributed by atoms with Gasteiger partial charge in [0.15, 0.2) is 11.5 Å². The van der Waals surface area contributed by atoms with Crippen molar-refractivity contribution in [3.63, 3.8) is 0 Å². The van der Waals surface area contributed by atoms with E-state index in [9.17, 15) is 18.0 Å². The summed E-state index contributed by atoms with van der Waals surface area (Å²) < 4.78 is 41.1. The number of amides is 1. The van der Waals surface area contributed by atoms with Crippen LogP contribution < -0.4 is 10.6 Å². The maximum Gasteiger partial charge on any atom is 0.417 e. The number of pyridine rings is 1. The van der Waals surface area contributed by atoms with Gasteiger partial charge in [-0.1, -0.05) is 30.3 Å². The number of alkyl halides is 3. The molecule has 2 N–H and O–H groups in total. The molecule has 1 aliphatic heterocycles. The number of nitrogens with one attached hydrogen (secondary N) is 2. The Labute approximate surface area is 177 Å². The van der Waals surface area contributed by atoms with Crippen molar-refractivity contribution in [3.8, 4) is 0 Å². The third-order valence-corrected chi connectivity index (χ3v) is 5.62. The number of aryl methyl sites for hydroxylation is 1. The van der Waals surface area contributed by atoms with E-state index in [0.717, 1.165) is 37.2 Å². The van der Waals surface area contributed by atoms with E-state index in [2.05, 4.69) is 20.8 Å². The molecule has 0 radical (unpaired) electrons. The lowest BCUT2D eigenvalue weighted by Crippen LogP contribution is -2.42. The molecule has 1 fully saturated rings. The molecule has 1 unspecified atom stereocenters. The minimum Gasteiger partial charge on any atom is -0.346 e. The first-order valence-corrected chi connectivity index (χ1v) is 10.4. The summed E-state index contributed by atoms with van der Waals surface area (Å²) in [5.74, 6) is 0.0148. The third-order valence-electron chi connectivity index (χ3n) is 5.62. The Kier molecular flexibility index (Phi) is 6.22. The number of rotatable bonds is 6. The maximum atomic E-state index is 13.2. The Balaban J connectivity index is 1.63. The fourth-order valence-corrected chi connectivity index (χ4v) is 3.90. The average Bonchev–Trinajstić information content (AvgIpc) is 3.20. The van der Waals surface area contributed by atoms with Crippen molar-refractivity contribution in [2.45, 2.75) is 37.9 Å². The van der Waals surface area contributed by atoms with E-state index in [-0.39, 0.29) is 11.8 Å². The van der Waals surface area contributed by atoms with E-state index in [1.165, 1.54) is 10.5 Å². The maximum absolute atomic E-state index is 13.2. The van der Waals surface area contributed by atoms with Crippen LogP contribution in [0.1, 0.15) is 42.3 Å². The SMILES string of the molecule is O=C(N[C@H](CCc1ccccc1)c1nnc2ccc(C(F)(F)F)cn12)C1CCCNC1. The average molecular weight is 431 g/mol. The molecule has 1 amide bonds. The Morgan fingerprint density at radius 2 is 2.00 bits per heavy atom. The molecule has 4 rings (SSSR count). The summed E-state index contributed by atoms with van der Waals surface area (Å²) >= 11 is 0. The van der Waals surface area contributed by atoms with Gasteiger partial charge in [-0.05, 0) is 49.9 Å². The Hall–Kier alpha value is -2.94. The molecular weight excluding hydrogens is 407 g/mol. The molecule has 6 nitrogen and oxygen atoms in total. The number of carbonyl (C=O) groups excluding carboxylic acids is 1. The van der Waals surface area contributed by atoms with Crippen LogP contribution in [0.4, 0.5) is 13.2 Å². The van der Waals surface area contributed by atoms with Crippen LogP contribution in [0.3, 0.4) is 0 Å². The van der Waals surface area contributed by atoms with Gasteiger partial charge in [0.2, 0.25) is 5.91 Å². The fraction of sp³-hybridized carbons (Fsp3) is 0.409. The number of aromatic nitrogens is 3. The first-order valence-electron chi connectivity index (χ1n) is 10.4. The first-order chi connectivity index (χ1) is 14.9. The molecular formula is C22H24F3N5O. The second-order valence-corrected chi connectivity index (χ2v) is 7.83. The number of piperidine rings is 1. The monoisotopic (exact) mass is 431 g/mol. The van der Waals surface area contributed by atoms with Crippen molar-refractivity contribution in [3.05, 3.63) is 65.6 Å². The van der Waals surface area contributed by atoms with E-state index in [0.29, 0.717) is 30.9 Å². The molecule has 164 valence electrons. The lowest BCUT2D eigenvalue weighted by molar-refractivity contribution is -0.138. The number of benzene rings is 1. The van der Waals surface area contributed by atoms with Crippen LogP contribution in [-0.4, -0.2) is 33.6 Å². The summed E-state index contributed by atoms with van der Waals surface area (Å²) in [6, 6.07) is 11.5. The van der Waals surface area contributed by atoms with Crippen LogP contribution in [0, 0.1) is 5.92 Å². The Morgan fingerprint density at radius 1 is 1.19 bits per heavy atom. The summed E-state index contributed by atoms with van der Waals surface area (Å²) in [6.07, 6.45) is -0.658. The van der Waals surface area contributed by atoms with Crippen molar-refractivity contribution >= 4 is 11.6 Å². The molecule has 0 aliphatic carbocycles. The van der Waals surface area contributed by atoms with Crippen LogP contribution in [-0.2, 0) is 17.4 Å². The standard InChI is InChI=1S/C22H24F3N5O/c23-22(24,25)17-9-11-19-28-29-20(30(19)14-17)18(10-8-15-5-2-1-3-6-15)27-21(31)16-7-4-12-26-13-16/h1-3,5-6,9,11,14,16,18,26H,4,7-8,10,12-13H2,(H,27,31)/t16?,18-/m1/s1. The van der Waals surface area contributed by atoms with Crippen molar-refractivity contribution < 1.29 is 18.0 Å². The van der Waals surface area contributed by atoms with E-state index >= 15 is 0 Å². The third kappa shape index (κ3) is 5.04. The van der Waals surface area contributed by atoms with E-state index in [1.807, 2.05) is 30.3 Å². The van der Waals surface area contributed by atoms with Gasteiger partial charge < -0.3 is 10.6 Å². The van der Waals surface area contributed by atoms with Gasteiger partial charge in [-0.3, -0.25) is 9.20 Å². The highest BCUT2D eigenvalue weighted by atomic mass is 19.4. The van der Waals surface area contributed by atoms with Crippen LogP contribution in [0.2, 0.25) is 0 Å². The molecule has 1 aromatic carbocycles. The van der Waals surface area contributed by atoms with Crippen LogP contribution >= 0.6 is 0 Å².